The summed E-state index contributed by atoms with van der Waals surface area (Å²) in [5, 5.41) is 0. The number of hydrogen-bond donors (Lipinski definition) is 4. The maximum absolute atomic E-state index is 11.9. The molecule has 0 aliphatic heterocycles. The zero-order valence-electron chi connectivity index (χ0n) is 11.7. The van der Waals surface area contributed by atoms with Crippen LogP contribution in [0.4, 0.5) is 5.95 Å². The minimum absolute atomic E-state index is 0.0317. The zero-order valence-corrected chi connectivity index (χ0v) is 11.7. The number of carbonyl (C=O) groups excluding carboxylic acids is 1. The molecular formula is C15H15N5O2. The average molecular weight is 297 g/mol. The molecule has 0 spiro atoms. The van der Waals surface area contributed by atoms with Crippen LogP contribution in [0.1, 0.15) is 23.5 Å². The summed E-state index contributed by atoms with van der Waals surface area (Å²) in [6.45, 7) is 0. The van der Waals surface area contributed by atoms with Gasteiger partial charge in [0.25, 0.3) is 5.56 Å². The number of anilines is 1. The van der Waals surface area contributed by atoms with Crippen LogP contribution in [0, 0.1) is 0 Å². The predicted molar refractivity (Wildman–Crippen MR) is 83.2 cm³/mol. The smallest absolute Gasteiger partial charge is 0.276 e. The summed E-state index contributed by atoms with van der Waals surface area (Å²) in [4.78, 5) is 32.9. The summed E-state index contributed by atoms with van der Waals surface area (Å²) in [6, 6.07) is 9.46. The minimum atomic E-state index is -0.430. The third-order valence-corrected chi connectivity index (χ3v) is 3.57. The standard InChI is InChI=1S/C15H15N5O2/c16-11(21)6-9(8-4-2-1-3-5-8)10-7-18-13-12(10)19-15(17)20-14(13)22/h1-5,7,9,18H,6H2,(H2,16,21)(H3,17,19,20,22). The van der Waals surface area contributed by atoms with E-state index in [0.29, 0.717) is 11.0 Å². The van der Waals surface area contributed by atoms with E-state index in [2.05, 4.69) is 15.0 Å². The molecule has 0 saturated heterocycles. The molecule has 0 saturated carbocycles. The number of aromatic amines is 2. The van der Waals surface area contributed by atoms with E-state index in [0.717, 1.165) is 11.1 Å². The van der Waals surface area contributed by atoms with E-state index in [1.54, 1.807) is 6.20 Å². The normalized spacial score (nSPS) is 12.4. The SMILES string of the molecule is NC(=O)CC(c1ccccc1)c1c[nH]c2c(=O)[nH]c(N)nc12. The number of aromatic nitrogens is 3. The van der Waals surface area contributed by atoms with Crippen molar-refractivity contribution in [3.63, 3.8) is 0 Å². The summed E-state index contributed by atoms with van der Waals surface area (Å²) in [5.41, 5.74) is 13.1. The fraction of sp³-hybridized carbons (Fsp3) is 0.133. The molecule has 2 heterocycles. The van der Waals surface area contributed by atoms with Crippen LogP contribution in [0.3, 0.4) is 0 Å². The highest BCUT2D eigenvalue weighted by atomic mass is 16.1. The average Bonchev–Trinajstić information content (AvgIpc) is 2.89. The molecular weight excluding hydrogens is 282 g/mol. The molecule has 2 aromatic heterocycles. The molecule has 112 valence electrons. The van der Waals surface area contributed by atoms with E-state index < -0.39 is 5.91 Å². The first-order valence-corrected chi connectivity index (χ1v) is 6.76. The fourth-order valence-corrected chi connectivity index (χ4v) is 2.61. The van der Waals surface area contributed by atoms with E-state index in [-0.39, 0.29) is 23.8 Å². The van der Waals surface area contributed by atoms with Crippen LogP contribution in [0.25, 0.3) is 11.0 Å². The van der Waals surface area contributed by atoms with E-state index in [1.165, 1.54) is 0 Å². The van der Waals surface area contributed by atoms with Crippen molar-refractivity contribution in [3.8, 4) is 0 Å². The molecule has 7 heteroatoms. The van der Waals surface area contributed by atoms with Gasteiger partial charge in [0.2, 0.25) is 11.9 Å². The van der Waals surface area contributed by atoms with E-state index in [1.807, 2.05) is 30.3 Å². The fourth-order valence-electron chi connectivity index (χ4n) is 2.61. The van der Waals surface area contributed by atoms with Crippen LogP contribution in [-0.4, -0.2) is 20.9 Å². The van der Waals surface area contributed by atoms with Gasteiger partial charge >= 0.3 is 0 Å². The third-order valence-electron chi connectivity index (χ3n) is 3.57. The van der Waals surface area contributed by atoms with Crippen molar-refractivity contribution in [1.82, 2.24) is 15.0 Å². The first-order valence-electron chi connectivity index (χ1n) is 6.76. The van der Waals surface area contributed by atoms with Crippen molar-refractivity contribution < 1.29 is 4.79 Å². The first-order chi connectivity index (χ1) is 10.6. The van der Waals surface area contributed by atoms with Gasteiger partial charge in [-0.25, -0.2) is 4.98 Å². The van der Waals surface area contributed by atoms with Crippen LogP contribution >= 0.6 is 0 Å². The Labute approximate surface area is 125 Å². The van der Waals surface area contributed by atoms with Gasteiger partial charge in [0, 0.05) is 24.1 Å². The lowest BCUT2D eigenvalue weighted by Crippen LogP contribution is -2.16. The van der Waals surface area contributed by atoms with Gasteiger partial charge < -0.3 is 16.5 Å². The summed E-state index contributed by atoms with van der Waals surface area (Å²) in [5.74, 6) is -0.689. The third kappa shape index (κ3) is 2.44. The lowest BCUT2D eigenvalue weighted by atomic mass is 9.89. The van der Waals surface area contributed by atoms with Crippen molar-refractivity contribution in [2.75, 3.05) is 5.73 Å². The second-order valence-electron chi connectivity index (χ2n) is 5.05. The molecule has 7 nitrogen and oxygen atoms in total. The van der Waals surface area contributed by atoms with Crippen molar-refractivity contribution in [2.24, 2.45) is 5.73 Å². The monoisotopic (exact) mass is 297 g/mol. The maximum atomic E-state index is 11.9. The van der Waals surface area contributed by atoms with Crippen LogP contribution in [-0.2, 0) is 4.79 Å². The Morgan fingerprint density at radius 2 is 2.00 bits per heavy atom. The Morgan fingerprint density at radius 1 is 1.27 bits per heavy atom. The Hall–Kier alpha value is -3.09. The number of benzene rings is 1. The lowest BCUT2D eigenvalue weighted by molar-refractivity contribution is -0.118. The predicted octanol–water partition coefficient (Wildman–Crippen LogP) is 0.841. The van der Waals surface area contributed by atoms with E-state index >= 15 is 0 Å². The number of nitrogen functional groups attached to an aromatic ring is 1. The molecule has 1 aromatic carbocycles. The number of primary amides is 1. The molecule has 1 atom stereocenters. The van der Waals surface area contributed by atoms with Gasteiger partial charge in [-0.3, -0.25) is 14.6 Å². The Balaban J connectivity index is 2.20. The lowest BCUT2D eigenvalue weighted by Gasteiger charge is -2.15. The van der Waals surface area contributed by atoms with Gasteiger partial charge in [-0.1, -0.05) is 30.3 Å². The molecule has 6 N–H and O–H groups in total. The number of H-pyrrole nitrogens is 2. The highest BCUT2D eigenvalue weighted by molar-refractivity contribution is 5.82. The van der Waals surface area contributed by atoms with Gasteiger partial charge in [0.1, 0.15) is 11.0 Å². The Bertz CT molecular complexity index is 882. The molecule has 22 heavy (non-hydrogen) atoms. The number of fused-ring (bicyclic) bond motifs is 1. The number of rotatable bonds is 4. The summed E-state index contributed by atoms with van der Waals surface area (Å²) in [7, 11) is 0. The minimum Gasteiger partial charge on any atom is -0.370 e. The summed E-state index contributed by atoms with van der Waals surface area (Å²) < 4.78 is 0. The van der Waals surface area contributed by atoms with Crippen LogP contribution < -0.4 is 17.0 Å². The molecule has 3 aromatic rings. The second kappa shape index (κ2) is 5.36. The van der Waals surface area contributed by atoms with Gasteiger partial charge in [0.05, 0.1) is 0 Å². The Kier molecular flexibility index (Phi) is 3.38. The molecule has 0 aliphatic carbocycles. The van der Waals surface area contributed by atoms with Crippen LogP contribution in [0.15, 0.2) is 41.3 Å². The Morgan fingerprint density at radius 3 is 2.68 bits per heavy atom. The van der Waals surface area contributed by atoms with Gasteiger partial charge in [-0.15, -0.1) is 0 Å². The number of hydrogen-bond acceptors (Lipinski definition) is 4. The largest absolute Gasteiger partial charge is 0.370 e. The van der Waals surface area contributed by atoms with Crippen molar-refractivity contribution >= 4 is 22.9 Å². The highest BCUT2D eigenvalue weighted by Crippen LogP contribution is 2.31. The molecule has 0 radical (unpaired) electrons. The maximum Gasteiger partial charge on any atom is 0.276 e. The summed E-state index contributed by atoms with van der Waals surface area (Å²) in [6.07, 6.45) is 1.79. The number of nitrogens with two attached hydrogens (primary N) is 2. The molecule has 1 amide bonds. The highest BCUT2D eigenvalue weighted by Gasteiger charge is 2.22. The molecule has 1 unspecified atom stereocenters. The van der Waals surface area contributed by atoms with E-state index in [4.69, 9.17) is 11.5 Å². The topological polar surface area (TPSA) is 131 Å². The van der Waals surface area contributed by atoms with E-state index in [9.17, 15) is 9.59 Å². The van der Waals surface area contributed by atoms with Gasteiger partial charge in [-0.05, 0) is 5.56 Å². The van der Waals surface area contributed by atoms with Gasteiger partial charge in [0.15, 0.2) is 0 Å². The number of nitrogens with one attached hydrogen (secondary N) is 2. The van der Waals surface area contributed by atoms with Crippen LogP contribution in [0.2, 0.25) is 0 Å². The zero-order chi connectivity index (χ0) is 15.7. The van der Waals surface area contributed by atoms with Crippen molar-refractivity contribution in [1.29, 1.82) is 0 Å². The van der Waals surface area contributed by atoms with Crippen molar-refractivity contribution in [2.45, 2.75) is 12.3 Å². The molecule has 0 bridgehead atoms. The molecule has 3 rings (SSSR count). The second-order valence-corrected chi connectivity index (χ2v) is 5.05. The quantitative estimate of drug-likeness (QED) is 0.568. The van der Waals surface area contributed by atoms with Crippen molar-refractivity contribution in [3.05, 3.63) is 58.0 Å². The van der Waals surface area contributed by atoms with Gasteiger partial charge in [-0.2, -0.15) is 0 Å². The first kappa shape index (κ1) is 13.9. The number of carbonyl (C=O) groups is 1. The number of nitrogens with zero attached hydrogens (tertiary/aromatic N) is 1. The molecule has 0 aliphatic rings. The summed E-state index contributed by atoms with van der Waals surface area (Å²) >= 11 is 0. The number of amides is 1. The van der Waals surface area contributed by atoms with Crippen LogP contribution in [0.5, 0.6) is 0 Å². The molecule has 0 fully saturated rings.